The van der Waals surface area contributed by atoms with Crippen LogP contribution in [0.1, 0.15) is 40.3 Å². The lowest BCUT2D eigenvalue weighted by Crippen LogP contribution is -2.33. The number of methoxy groups -OCH3 is 2. The van der Waals surface area contributed by atoms with E-state index in [9.17, 15) is 9.59 Å². The Kier molecular flexibility index (Phi) is 5.38. The Hall–Kier alpha value is -2.26. The van der Waals surface area contributed by atoms with Gasteiger partial charge in [-0.3, -0.25) is 9.59 Å². The van der Waals surface area contributed by atoms with Gasteiger partial charge in [0.05, 0.1) is 23.3 Å². The Morgan fingerprint density at radius 1 is 1.31 bits per heavy atom. The van der Waals surface area contributed by atoms with Crippen molar-refractivity contribution >= 4 is 33.4 Å². The number of rotatable bonds is 6. The lowest BCUT2D eigenvalue weighted by Gasteiger charge is -2.12. The third kappa shape index (κ3) is 3.49. The van der Waals surface area contributed by atoms with Crippen molar-refractivity contribution in [2.24, 2.45) is 5.92 Å². The van der Waals surface area contributed by atoms with E-state index in [0.717, 1.165) is 10.9 Å². The molecular weight excluding hydrogens is 358 g/mol. The molecule has 2 aromatic rings. The summed E-state index contributed by atoms with van der Waals surface area (Å²) < 4.78 is 10.4. The van der Waals surface area contributed by atoms with E-state index in [1.54, 1.807) is 7.11 Å². The maximum Gasteiger partial charge on any atom is 0.306 e. The fourth-order valence-corrected chi connectivity index (χ4v) is 4.38. The van der Waals surface area contributed by atoms with Gasteiger partial charge in [0.25, 0.3) is 5.91 Å². The van der Waals surface area contributed by atoms with E-state index in [0.29, 0.717) is 40.7 Å². The van der Waals surface area contributed by atoms with E-state index in [1.165, 1.54) is 18.4 Å². The molecule has 1 amide bonds. The van der Waals surface area contributed by atoms with Gasteiger partial charge in [0.15, 0.2) is 5.82 Å². The highest BCUT2D eigenvalue weighted by molar-refractivity contribution is 7.20. The molecule has 2 N–H and O–H groups in total. The zero-order valence-corrected chi connectivity index (χ0v) is 15.7. The quantitative estimate of drug-likeness (QED) is 0.791. The molecule has 0 aliphatic heterocycles. The molecule has 3 rings (SSSR count). The summed E-state index contributed by atoms with van der Waals surface area (Å²) in [5.74, 6) is -0.486. The van der Waals surface area contributed by atoms with Gasteiger partial charge < -0.3 is 19.9 Å². The number of ether oxygens (including phenoxy) is 2. The largest absolute Gasteiger partial charge is 0.481 e. The molecule has 8 nitrogen and oxygen atoms in total. The second-order valence-electron chi connectivity index (χ2n) is 6.34. The van der Waals surface area contributed by atoms with E-state index in [2.05, 4.69) is 15.3 Å². The van der Waals surface area contributed by atoms with Gasteiger partial charge in [0.2, 0.25) is 5.88 Å². The maximum absolute atomic E-state index is 12.7. The standard InChI is InChI=1S/C17H21N3O5S/c1-8-12-15(25-3)19-11(7-24-2)20-16(12)26-13(8)14(21)18-10-5-4-9(6-10)17(22)23/h9-10H,4-7H2,1-3H3,(H,18,21)(H,22,23)/t9-,10+/m0/s1. The molecule has 0 unspecified atom stereocenters. The summed E-state index contributed by atoms with van der Waals surface area (Å²) in [6.45, 7) is 2.09. The number of hydrogen-bond donors (Lipinski definition) is 2. The number of nitrogens with one attached hydrogen (secondary N) is 1. The Morgan fingerprint density at radius 2 is 2.08 bits per heavy atom. The van der Waals surface area contributed by atoms with E-state index in [-0.39, 0.29) is 24.5 Å². The van der Waals surface area contributed by atoms with Crippen LogP contribution in [0.3, 0.4) is 0 Å². The number of aromatic nitrogens is 2. The minimum Gasteiger partial charge on any atom is -0.481 e. The van der Waals surface area contributed by atoms with Gasteiger partial charge in [-0.05, 0) is 31.7 Å². The van der Waals surface area contributed by atoms with Crippen LogP contribution < -0.4 is 10.1 Å². The number of aryl methyl sites for hydroxylation is 1. The Labute approximate surface area is 154 Å². The molecule has 0 bridgehead atoms. The maximum atomic E-state index is 12.7. The number of aliphatic carboxylic acids is 1. The summed E-state index contributed by atoms with van der Waals surface area (Å²) >= 11 is 1.28. The summed E-state index contributed by atoms with van der Waals surface area (Å²) in [6.07, 6.45) is 1.73. The molecule has 1 fully saturated rings. The van der Waals surface area contributed by atoms with Crippen LogP contribution in [-0.4, -0.2) is 47.2 Å². The van der Waals surface area contributed by atoms with Gasteiger partial charge in [0.1, 0.15) is 11.4 Å². The zero-order valence-electron chi connectivity index (χ0n) is 14.9. The summed E-state index contributed by atoms with van der Waals surface area (Å²) in [5.41, 5.74) is 0.760. The first kappa shape index (κ1) is 18.5. The monoisotopic (exact) mass is 379 g/mol. The molecule has 9 heteroatoms. The average Bonchev–Trinajstić information content (AvgIpc) is 3.19. The van der Waals surface area contributed by atoms with Crippen LogP contribution >= 0.6 is 11.3 Å². The van der Waals surface area contributed by atoms with Crippen molar-refractivity contribution in [1.29, 1.82) is 0 Å². The minimum atomic E-state index is -0.800. The molecule has 1 aliphatic carbocycles. The number of amides is 1. The first-order valence-electron chi connectivity index (χ1n) is 8.31. The molecule has 1 aliphatic rings. The van der Waals surface area contributed by atoms with Gasteiger partial charge in [-0.25, -0.2) is 4.98 Å². The molecular formula is C17H21N3O5S. The second-order valence-corrected chi connectivity index (χ2v) is 7.34. The molecule has 2 heterocycles. The summed E-state index contributed by atoms with van der Waals surface area (Å²) in [4.78, 5) is 33.8. The Bertz CT molecular complexity index is 851. The fraction of sp³-hybridized carbons (Fsp3) is 0.529. The number of carbonyl (C=O) groups excluding carboxylic acids is 1. The van der Waals surface area contributed by atoms with Crippen molar-refractivity contribution in [3.05, 3.63) is 16.3 Å². The van der Waals surface area contributed by atoms with E-state index < -0.39 is 5.97 Å². The highest BCUT2D eigenvalue weighted by atomic mass is 32.1. The van der Waals surface area contributed by atoms with Gasteiger partial charge >= 0.3 is 5.97 Å². The Balaban J connectivity index is 1.87. The predicted octanol–water partition coefficient (Wildman–Crippen LogP) is 2.14. The minimum absolute atomic E-state index is 0.120. The fourth-order valence-electron chi connectivity index (χ4n) is 3.29. The molecule has 2 atom stereocenters. The van der Waals surface area contributed by atoms with Gasteiger partial charge in [-0.1, -0.05) is 0 Å². The van der Waals surface area contributed by atoms with Crippen molar-refractivity contribution in [3.8, 4) is 5.88 Å². The normalized spacial score (nSPS) is 19.7. The van der Waals surface area contributed by atoms with Crippen LogP contribution in [0.4, 0.5) is 0 Å². The number of fused-ring (bicyclic) bond motifs is 1. The second kappa shape index (κ2) is 7.55. The van der Waals surface area contributed by atoms with Crippen molar-refractivity contribution in [2.45, 2.75) is 38.8 Å². The van der Waals surface area contributed by atoms with Crippen molar-refractivity contribution in [2.75, 3.05) is 14.2 Å². The molecule has 0 saturated heterocycles. The van der Waals surface area contributed by atoms with Crippen LogP contribution in [0.25, 0.3) is 10.2 Å². The third-order valence-corrected chi connectivity index (χ3v) is 5.78. The lowest BCUT2D eigenvalue weighted by atomic mass is 10.1. The smallest absolute Gasteiger partial charge is 0.306 e. The molecule has 2 aromatic heterocycles. The average molecular weight is 379 g/mol. The highest BCUT2D eigenvalue weighted by Crippen LogP contribution is 2.35. The summed E-state index contributed by atoms with van der Waals surface area (Å²) in [5, 5.41) is 12.8. The molecule has 0 aromatic carbocycles. The first-order valence-corrected chi connectivity index (χ1v) is 9.12. The van der Waals surface area contributed by atoms with Gasteiger partial charge in [-0.15, -0.1) is 11.3 Å². The van der Waals surface area contributed by atoms with Crippen LogP contribution in [0, 0.1) is 12.8 Å². The van der Waals surface area contributed by atoms with Crippen LogP contribution in [-0.2, 0) is 16.1 Å². The molecule has 0 spiro atoms. The van der Waals surface area contributed by atoms with Crippen molar-refractivity contribution < 1.29 is 24.2 Å². The SMILES string of the molecule is COCc1nc(OC)c2c(C)c(C(=O)N[C@@H]3CC[C@H](C(=O)O)C3)sc2n1. The van der Waals surface area contributed by atoms with Crippen molar-refractivity contribution in [1.82, 2.24) is 15.3 Å². The summed E-state index contributed by atoms with van der Waals surface area (Å²) in [6, 6.07) is -0.120. The molecule has 140 valence electrons. The van der Waals surface area contributed by atoms with Gasteiger partial charge in [-0.2, -0.15) is 4.98 Å². The van der Waals surface area contributed by atoms with Crippen LogP contribution in [0.15, 0.2) is 0 Å². The number of hydrogen-bond acceptors (Lipinski definition) is 7. The van der Waals surface area contributed by atoms with E-state index in [4.69, 9.17) is 14.6 Å². The topological polar surface area (TPSA) is 111 Å². The molecule has 0 radical (unpaired) electrons. The zero-order chi connectivity index (χ0) is 18.8. The van der Waals surface area contributed by atoms with Gasteiger partial charge in [0, 0.05) is 13.2 Å². The van der Waals surface area contributed by atoms with E-state index in [1.807, 2.05) is 6.92 Å². The van der Waals surface area contributed by atoms with Crippen molar-refractivity contribution in [3.63, 3.8) is 0 Å². The number of carboxylic acid groups (broad SMARTS) is 1. The number of nitrogens with zero attached hydrogens (tertiary/aromatic N) is 2. The lowest BCUT2D eigenvalue weighted by molar-refractivity contribution is -0.141. The van der Waals surface area contributed by atoms with E-state index >= 15 is 0 Å². The molecule has 1 saturated carbocycles. The summed E-state index contributed by atoms with van der Waals surface area (Å²) in [7, 11) is 3.09. The third-order valence-electron chi connectivity index (χ3n) is 4.59. The molecule has 26 heavy (non-hydrogen) atoms. The predicted molar refractivity (Wildman–Crippen MR) is 95.6 cm³/mol. The van der Waals surface area contributed by atoms with Crippen LogP contribution in [0.2, 0.25) is 0 Å². The number of carboxylic acids is 1. The van der Waals surface area contributed by atoms with Crippen LogP contribution in [0.5, 0.6) is 5.88 Å². The Morgan fingerprint density at radius 3 is 2.69 bits per heavy atom. The number of thiophene rings is 1. The number of carbonyl (C=O) groups is 2. The highest BCUT2D eigenvalue weighted by Gasteiger charge is 2.31. The first-order chi connectivity index (χ1) is 12.4.